The highest BCUT2D eigenvalue weighted by molar-refractivity contribution is 5.99. The molecule has 2 heterocycles. The van der Waals surface area contributed by atoms with Crippen molar-refractivity contribution in [1.82, 2.24) is 47.1 Å². The first-order valence-electron chi connectivity index (χ1n) is 23.1. The number of benzene rings is 1. The number of carbonyl (C=O) groups is 12. The predicted octanol–water partition coefficient (Wildman–Crippen LogP) is -7.74. The molecule has 1 aliphatic heterocycles. The lowest BCUT2D eigenvalue weighted by Gasteiger charge is -2.31. The molecule has 74 heavy (non-hydrogen) atoms. The van der Waals surface area contributed by atoms with Crippen LogP contribution in [0.3, 0.4) is 0 Å². The molecule has 0 radical (unpaired) electrons. The monoisotopic (exact) mass is 1050 g/mol. The quantitative estimate of drug-likeness (QED) is 0.0345. The van der Waals surface area contributed by atoms with Gasteiger partial charge in [0.1, 0.15) is 42.3 Å². The van der Waals surface area contributed by atoms with Gasteiger partial charge in [-0.1, -0.05) is 18.2 Å². The number of fused-ring (bicyclic) bond motifs is 1. The average molecular weight is 1050 g/mol. The number of aliphatic carboxylic acids is 2. The van der Waals surface area contributed by atoms with Gasteiger partial charge in [0.25, 0.3) is 0 Å². The molecule has 0 spiro atoms. The van der Waals surface area contributed by atoms with E-state index in [0.717, 1.165) is 18.7 Å². The summed E-state index contributed by atoms with van der Waals surface area (Å²) >= 11 is 0. The number of H-pyrrole nitrogens is 1. The van der Waals surface area contributed by atoms with E-state index in [2.05, 4.69) is 31.6 Å². The number of amides is 10. The number of rotatable bonds is 30. The van der Waals surface area contributed by atoms with Crippen molar-refractivity contribution in [2.24, 2.45) is 17.2 Å². The van der Waals surface area contributed by atoms with Gasteiger partial charge in [0, 0.05) is 42.9 Å². The molecule has 1 fully saturated rings. The van der Waals surface area contributed by atoms with E-state index < -0.39 is 170 Å². The number of nitrogens with zero attached hydrogens (tertiary/aromatic N) is 1. The summed E-state index contributed by atoms with van der Waals surface area (Å²) in [6, 6.07) is -8.61. The number of aromatic nitrogens is 1. The minimum atomic E-state index is -2.08. The molecule has 408 valence electrons. The molecule has 0 aliphatic carbocycles. The van der Waals surface area contributed by atoms with Crippen molar-refractivity contribution in [1.29, 1.82) is 0 Å². The zero-order valence-corrected chi connectivity index (χ0v) is 40.3. The summed E-state index contributed by atoms with van der Waals surface area (Å²) in [6.07, 6.45) is -4.31. The van der Waals surface area contributed by atoms with Crippen molar-refractivity contribution in [3.8, 4) is 0 Å². The van der Waals surface area contributed by atoms with Crippen molar-refractivity contribution in [2.75, 3.05) is 19.8 Å². The molecule has 1 aromatic carbocycles. The second-order valence-electron chi connectivity index (χ2n) is 17.4. The lowest BCUT2D eigenvalue weighted by Crippen LogP contribution is -2.62. The summed E-state index contributed by atoms with van der Waals surface area (Å²) in [4.78, 5) is 159. The van der Waals surface area contributed by atoms with E-state index >= 15 is 0 Å². The van der Waals surface area contributed by atoms with Crippen LogP contribution in [-0.4, -0.2) is 198 Å². The first kappa shape index (κ1) is 60.5. The van der Waals surface area contributed by atoms with Crippen LogP contribution in [0.1, 0.15) is 64.4 Å². The molecule has 3 rings (SSSR count). The number of nitrogens with two attached hydrogens (primary N) is 3. The molecular weight excluding hydrogens is 985 g/mol. The van der Waals surface area contributed by atoms with Gasteiger partial charge in [-0.25, -0.2) is 4.79 Å². The van der Waals surface area contributed by atoms with Crippen molar-refractivity contribution in [2.45, 2.75) is 132 Å². The van der Waals surface area contributed by atoms with E-state index in [1.807, 2.05) is 10.6 Å². The van der Waals surface area contributed by atoms with Gasteiger partial charge >= 0.3 is 11.9 Å². The Labute approximate surface area is 421 Å². The van der Waals surface area contributed by atoms with E-state index in [0.29, 0.717) is 16.5 Å². The van der Waals surface area contributed by atoms with Gasteiger partial charge in [-0.15, -0.1) is 0 Å². The van der Waals surface area contributed by atoms with E-state index in [4.69, 9.17) is 17.2 Å². The van der Waals surface area contributed by atoms with Gasteiger partial charge in [-0.2, -0.15) is 0 Å². The summed E-state index contributed by atoms with van der Waals surface area (Å²) in [5.74, 6) is -14.1. The Morgan fingerprint density at radius 2 is 1.18 bits per heavy atom. The number of hydrogen-bond donors (Lipinski definition) is 17. The maximum Gasteiger partial charge on any atom is 0.328 e. The largest absolute Gasteiger partial charge is 0.481 e. The van der Waals surface area contributed by atoms with Gasteiger partial charge in [-0.3, -0.25) is 52.7 Å². The fourth-order valence-electron chi connectivity index (χ4n) is 7.63. The summed E-state index contributed by atoms with van der Waals surface area (Å²) in [7, 11) is 0. The highest BCUT2D eigenvalue weighted by Crippen LogP contribution is 2.23. The standard InChI is InChI=1S/C44H64N12O18/c1-19(59)34(42(71)55-35(20(2)60)44(73)74)54-41(70)30-8-5-13-56(30)43(72)27(14-21-16-48-24-7-4-3-6-22(21)24)51-40(69)29(18-58)53-38(67)26(15-33(63)64)50-39(68)28(17-57)52-37(66)25(10-12-32(47)62)49-36(65)23(45)9-11-31(46)61/h3-4,6-7,16,19-20,23,25-30,34-35,48,57-60H,5,8-15,17-18,45H2,1-2H3,(H2,46,61)(H2,47,62)(H,49,65)(H,50,68)(H,51,69)(H,52,66)(H,53,67)(H,54,70)(H,55,71)(H,63,64)(H,73,74). The Hall–Kier alpha value is -7.80. The second-order valence-corrected chi connectivity index (χ2v) is 17.4. The molecule has 30 heteroatoms. The fourth-order valence-corrected chi connectivity index (χ4v) is 7.63. The number of aliphatic hydroxyl groups excluding tert-OH is 4. The molecular formula is C44H64N12O18. The third kappa shape index (κ3) is 17.7. The second kappa shape index (κ2) is 28.4. The van der Waals surface area contributed by atoms with Crippen LogP contribution in [0.15, 0.2) is 30.5 Å². The number of likely N-dealkylation sites (tertiary alicyclic amines) is 1. The van der Waals surface area contributed by atoms with Crippen molar-refractivity contribution >= 4 is 81.9 Å². The molecule has 0 saturated carbocycles. The number of primary amides is 2. The minimum absolute atomic E-state index is 0.0125. The maximum absolute atomic E-state index is 14.5. The number of carbonyl (C=O) groups excluding carboxylic acids is 10. The minimum Gasteiger partial charge on any atom is -0.481 e. The van der Waals surface area contributed by atoms with Crippen molar-refractivity contribution in [3.05, 3.63) is 36.0 Å². The van der Waals surface area contributed by atoms with Gasteiger partial charge in [0.05, 0.1) is 37.9 Å². The van der Waals surface area contributed by atoms with Crippen molar-refractivity contribution in [3.63, 3.8) is 0 Å². The summed E-state index contributed by atoms with van der Waals surface area (Å²) < 4.78 is 0. The molecule has 11 atom stereocenters. The number of hydrogen-bond acceptors (Lipinski definition) is 17. The highest BCUT2D eigenvalue weighted by atomic mass is 16.4. The lowest BCUT2D eigenvalue weighted by atomic mass is 10.0. The molecule has 2 aromatic rings. The Morgan fingerprint density at radius 3 is 1.72 bits per heavy atom. The van der Waals surface area contributed by atoms with Gasteiger partial charge in [-0.05, 0) is 51.2 Å². The van der Waals surface area contributed by atoms with Crippen LogP contribution in [0.2, 0.25) is 0 Å². The first-order valence-corrected chi connectivity index (χ1v) is 23.1. The number of carboxylic acids is 2. The smallest absolute Gasteiger partial charge is 0.328 e. The Balaban J connectivity index is 1.85. The van der Waals surface area contributed by atoms with E-state index in [1.165, 1.54) is 0 Å². The Kier molecular flexibility index (Phi) is 23.3. The maximum atomic E-state index is 14.5. The van der Waals surface area contributed by atoms with E-state index in [9.17, 15) is 88.2 Å². The average Bonchev–Trinajstić information content (AvgIpc) is 4.00. The topological polar surface area (TPSA) is 508 Å². The van der Waals surface area contributed by atoms with Crippen LogP contribution in [0.4, 0.5) is 0 Å². The third-order valence-electron chi connectivity index (χ3n) is 11.7. The third-order valence-corrected chi connectivity index (χ3v) is 11.7. The van der Waals surface area contributed by atoms with Crippen LogP contribution in [0.25, 0.3) is 10.9 Å². The lowest BCUT2D eigenvalue weighted by molar-refractivity contribution is -0.146. The van der Waals surface area contributed by atoms with Crippen molar-refractivity contribution < 1.29 is 88.2 Å². The number of para-hydroxylation sites is 1. The molecule has 0 bridgehead atoms. The van der Waals surface area contributed by atoms with Crippen LogP contribution in [0.5, 0.6) is 0 Å². The number of carboxylic acid groups (broad SMARTS) is 2. The van der Waals surface area contributed by atoms with Crippen LogP contribution in [0, 0.1) is 0 Å². The highest BCUT2D eigenvalue weighted by Gasteiger charge is 2.41. The first-order chi connectivity index (χ1) is 34.8. The fraction of sp³-hybridized carbons (Fsp3) is 0.545. The van der Waals surface area contributed by atoms with Gasteiger partial charge < -0.3 is 94.9 Å². The van der Waals surface area contributed by atoms with E-state index in [-0.39, 0.29) is 38.6 Å². The molecule has 11 unspecified atom stereocenters. The zero-order chi connectivity index (χ0) is 55.6. The van der Waals surface area contributed by atoms with Crippen LogP contribution in [-0.2, 0) is 64.0 Å². The van der Waals surface area contributed by atoms with E-state index in [1.54, 1.807) is 30.5 Å². The molecule has 20 N–H and O–H groups in total. The van der Waals surface area contributed by atoms with Crippen LogP contribution >= 0.6 is 0 Å². The summed E-state index contributed by atoms with van der Waals surface area (Å²) in [5.41, 5.74) is 17.1. The molecule has 1 aromatic heterocycles. The molecule has 30 nitrogen and oxygen atoms in total. The predicted molar refractivity (Wildman–Crippen MR) is 253 cm³/mol. The van der Waals surface area contributed by atoms with Crippen LogP contribution < -0.4 is 54.4 Å². The van der Waals surface area contributed by atoms with Gasteiger partial charge in [0.15, 0.2) is 6.04 Å². The zero-order valence-electron chi connectivity index (χ0n) is 40.3. The number of aliphatic hydroxyl groups is 4. The summed E-state index contributed by atoms with van der Waals surface area (Å²) in [6.45, 7) is -0.230. The Morgan fingerprint density at radius 1 is 0.662 bits per heavy atom. The molecule has 1 saturated heterocycles. The number of aromatic amines is 1. The SMILES string of the molecule is CC(O)C(NC(=O)C(NC(=O)C1CCCN1C(=O)C(Cc1c[nH]c2ccccc12)NC(=O)C(CO)NC(=O)C(CC(=O)O)NC(=O)C(CO)NC(=O)C(CCC(N)=O)NC(=O)C(N)CCC(N)=O)C(C)O)C(=O)O. The molecule has 1 aliphatic rings. The summed E-state index contributed by atoms with van der Waals surface area (Å²) in [5, 5.41) is 75.7. The van der Waals surface area contributed by atoms with Gasteiger partial charge in [0.2, 0.25) is 59.1 Å². The Bertz CT molecular complexity index is 2400. The number of nitrogens with one attached hydrogen (secondary N) is 8. The normalized spacial score (nSPS) is 17.3. The molecule has 10 amide bonds.